The molecule has 0 spiro atoms. The fourth-order valence-electron chi connectivity index (χ4n) is 1.74. The van der Waals surface area contributed by atoms with Crippen LogP contribution in [0.25, 0.3) is 0 Å². The Hall–Kier alpha value is -1.51. The number of benzene rings is 1. The van der Waals surface area contributed by atoms with E-state index < -0.39 is 0 Å². The van der Waals surface area contributed by atoms with E-state index in [0.717, 1.165) is 6.42 Å². The van der Waals surface area contributed by atoms with Crippen molar-refractivity contribution in [2.24, 2.45) is 5.41 Å². The monoisotopic (exact) mass is 264 g/mol. The van der Waals surface area contributed by atoms with Crippen molar-refractivity contribution in [3.05, 3.63) is 23.8 Å². The summed E-state index contributed by atoms with van der Waals surface area (Å²) in [6, 6.07) is 5.41. The third-order valence-corrected chi connectivity index (χ3v) is 3.30. The molecule has 3 nitrogen and oxygen atoms in total. The summed E-state index contributed by atoms with van der Waals surface area (Å²) >= 11 is 0. The number of carbonyl (C=O) groups is 1. The van der Waals surface area contributed by atoms with Crippen LogP contribution in [-0.4, -0.2) is 19.0 Å². The van der Waals surface area contributed by atoms with Crippen LogP contribution < -0.4 is 9.47 Å². The molecule has 0 aliphatic heterocycles. The number of Topliss-reactive ketones (excluding diaryl/α,β-unsaturated/α-hetero) is 1. The van der Waals surface area contributed by atoms with E-state index >= 15 is 0 Å². The van der Waals surface area contributed by atoms with Crippen molar-refractivity contribution in [1.29, 1.82) is 0 Å². The molecule has 1 rings (SSSR count). The van der Waals surface area contributed by atoms with Gasteiger partial charge in [0.1, 0.15) is 0 Å². The lowest BCUT2D eigenvalue weighted by Gasteiger charge is -2.21. The minimum atomic E-state index is -0.351. The van der Waals surface area contributed by atoms with Crippen molar-refractivity contribution in [2.45, 2.75) is 41.0 Å². The van der Waals surface area contributed by atoms with Gasteiger partial charge >= 0.3 is 0 Å². The standard InChI is InChI=1S/C16H24O3/c1-6-16(4,5)15(17)12-9-10-13(18-7-2)14(11-12)19-8-3/h9-11H,6-8H2,1-5H3. The summed E-state index contributed by atoms with van der Waals surface area (Å²) < 4.78 is 11.0. The van der Waals surface area contributed by atoms with Gasteiger partial charge in [-0.15, -0.1) is 0 Å². The molecule has 3 heteroatoms. The molecule has 0 heterocycles. The van der Waals surface area contributed by atoms with Crippen molar-refractivity contribution in [2.75, 3.05) is 13.2 Å². The van der Waals surface area contributed by atoms with E-state index in [-0.39, 0.29) is 11.2 Å². The molecule has 0 aliphatic rings. The van der Waals surface area contributed by atoms with E-state index in [0.29, 0.717) is 30.3 Å². The summed E-state index contributed by atoms with van der Waals surface area (Å²) in [5.41, 5.74) is 0.329. The second kappa shape index (κ2) is 6.60. The van der Waals surface area contributed by atoms with Crippen LogP contribution in [0.4, 0.5) is 0 Å². The van der Waals surface area contributed by atoms with Crippen LogP contribution in [0.15, 0.2) is 18.2 Å². The molecule has 0 atom stereocenters. The Morgan fingerprint density at radius 1 is 1.05 bits per heavy atom. The van der Waals surface area contributed by atoms with E-state index in [9.17, 15) is 4.79 Å². The molecular weight excluding hydrogens is 240 g/mol. The van der Waals surface area contributed by atoms with Gasteiger partial charge in [0, 0.05) is 11.0 Å². The molecule has 19 heavy (non-hydrogen) atoms. The molecule has 0 unspecified atom stereocenters. The first-order valence-corrected chi connectivity index (χ1v) is 6.90. The highest BCUT2D eigenvalue weighted by Crippen LogP contribution is 2.32. The predicted octanol–water partition coefficient (Wildman–Crippen LogP) is 4.10. The van der Waals surface area contributed by atoms with Gasteiger partial charge in [0.2, 0.25) is 0 Å². The smallest absolute Gasteiger partial charge is 0.168 e. The summed E-state index contributed by atoms with van der Waals surface area (Å²) in [5, 5.41) is 0. The molecule has 0 saturated heterocycles. The van der Waals surface area contributed by atoms with Crippen LogP contribution in [0.3, 0.4) is 0 Å². The number of hydrogen-bond acceptors (Lipinski definition) is 3. The zero-order chi connectivity index (χ0) is 14.5. The van der Waals surface area contributed by atoms with Gasteiger partial charge in [-0.1, -0.05) is 20.8 Å². The van der Waals surface area contributed by atoms with Gasteiger partial charge in [-0.25, -0.2) is 0 Å². The summed E-state index contributed by atoms with van der Waals surface area (Å²) in [5.74, 6) is 1.47. The highest BCUT2D eigenvalue weighted by Gasteiger charge is 2.27. The number of rotatable bonds is 7. The zero-order valence-corrected chi connectivity index (χ0v) is 12.6. The van der Waals surface area contributed by atoms with Crippen molar-refractivity contribution < 1.29 is 14.3 Å². The second-order valence-electron chi connectivity index (χ2n) is 5.09. The van der Waals surface area contributed by atoms with Crippen molar-refractivity contribution >= 4 is 5.78 Å². The van der Waals surface area contributed by atoms with Crippen molar-refractivity contribution in [3.63, 3.8) is 0 Å². The zero-order valence-electron chi connectivity index (χ0n) is 12.6. The van der Waals surface area contributed by atoms with E-state index in [2.05, 4.69) is 0 Å². The Balaban J connectivity index is 3.10. The molecular formula is C16H24O3. The van der Waals surface area contributed by atoms with Gasteiger partial charge < -0.3 is 9.47 Å². The average Bonchev–Trinajstić information content (AvgIpc) is 2.40. The minimum Gasteiger partial charge on any atom is -0.490 e. The third kappa shape index (κ3) is 3.72. The SMILES string of the molecule is CCOc1ccc(C(=O)C(C)(C)CC)cc1OCC. The Kier molecular flexibility index (Phi) is 5.40. The summed E-state index contributed by atoms with van der Waals surface area (Å²) in [4.78, 5) is 12.4. The van der Waals surface area contributed by atoms with Crippen LogP contribution in [0, 0.1) is 5.41 Å². The van der Waals surface area contributed by atoms with E-state index in [1.54, 1.807) is 6.07 Å². The lowest BCUT2D eigenvalue weighted by Crippen LogP contribution is -2.23. The molecule has 1 aromatic rings. The van der Waals surface area contributed by atoms with Crippen molar-refractivity contribution in [1.82, 2.24) is 0 Å². The highest BCUT2D eigenvalue weighted by molar-refractivity contribution is 6.00. The Labute approximate surface area is 115 Å². The largest absolute Gasteiger partial charge is 0.490 e. The summed E-state index contributed by atoms with van der Waals surface area (Å²) in [6.45, 7) is 10.9. The normalized spacial score (nSPS) is 11.2. The first-order valence-electron chi connectivity index (χ1n) is 6.90. The molecule has 0 aliphatic carbocycles. The van der Waals surface area contributed by atoms with Crippen LogP contribution in [0.5, 0.6) is 11.5 Å². The van der Waals surface area contributed by atoms with Crippen LogP contribution in [-0.2, 0) is 0 Å². The minimum absolute atomic E-state index is 0.138. The highest BCUT2D eigenvalue weighted by atomic mass is 16.5. The summed E-state index contributed by atoms with van der Waals surface area (Å²) in [7, 11) is 0. The molecule has 0 radical (unpaired) electrons. The molecule has 1 aromatic carbocycles. The van der Waals surface area contributed by atoms with Crippen LogP contribution in [0.1, 0.15) is 51.4 Å². The maximum Gasteiger partial charge on any atom is 0.168 e. The first kappa shape index (κ1) is 15.5. The fraction of sp³-hybridized carbons (Fsp3) is 0.562. The van der Waals surface area contributed by atoms with Crippen molar-refractivity contribution in [3.8, 4) is 11.5 Å². The van der Waals surface area contributed by atoms with Gasteiger partial charge in [0.15, 0.2) is 17.3 Å². The predicted molar refractivity (Wildman–Crippen MR) is 77.2 cm³/mol. The topological polar surface area (TPSA) is 35.5 Å². The van der Waals surface area contributed by atoms with Crippen LogP contribution in [0.2, 0.25) is 0 Å². The van der Waals surface area contributed by atoms with E-state index in [1.165, 1.54) is 0 Å². The van der Waals surface area contributed by atoms with E-state index in [1.807, 2.05) is 46.8 Å². The molecule has 0 fully saturated rings. The van der Waals surface area contributed by atoms with Gasteiger partial charge in [-0.3, -0.25) is 4.79 Å². The molecule has 0 amide bonds. The number of ether oxygens (including phenoxy) is 2. The first-order chi connectivity index (χ1) is 8.96. The van der Waals surface area contributed by atoms with Crippen LogP contribution >= 0.6 is 0 Å². The number of carbonyl (C=O) groups excluding carboxylic acids is 1. The van der Waals surface area contributed by atoms with Gasteiger partial charge in [0.05, 0.1) is 13.2 Å². The molecule has 0 aromatic heterocycles. The lowest BCUT2D eigenvalue weighted by atomic mass is 9.82. The lowest BCUT2D eigenvalue weighted by molar-refractivity contribution is 0.0832. The van der Waals surface area contributed by atoms with Gasteiger partial charge in [0.25, 0.3) is 0 Å². The maximum atomic E-state index is 12.4. The Morgan fingerprint density at radius 3 is 2.16 bits per heavy atom. The number of ketones is 1. The molecule has 0 N–H and O–H groups in total. The maximum absolute atomic E-state index is 12.4. The Morgan fingerprint density at radius 2 is 1.63 bits per heavy atom. The number of hydrogen-bond donors (Lipinski definition) is 0. The second-order valence-corrected chi connectivity index (χ2v) is 5.09. The third-order valence-electron chi connectivity index (χ3n) is 3.30. The summed E-state index contributed by atoms with van der Waals surface area (Å²) in [6.07, 6.45) is 0.809. The van der Waals surface area contributed by atoms with Gasteiger partial charge in [-0.05, 0) is 38.5 Å². The molecule has 0 saturated carbocycles. The average molecular weight is 264 g/mol. The molecule has 0 bridgehead atoms. The van der Waals surface area contributed by atoms with E-state index in [4.69, 9.17) is 9.47 Å². The quantitative estimate of drug-likeness (QED) is 0.695. The molecule has 106 valence electrons. The Bertz CT molecular complexity index is 436. The fourth-order valence-corrected chi connectivity index (χ4v) is 1.74. The van der Waals surface area contributed by atoms with Gasteiger partial charge in [-0.2, -0.15) is 0 Å².